The molecule has 1 aliphatic heterocycles. The van der Waals surface area contributed by atoms with Gasteiger partial charge in [-0.3, -0.25) is 4.90 Å². The standard InChI is InChI=1S/C17H20F2N4/c18-17(19)23-11-16(8-20-23)21-15-4-3-13-5-6-22(9-12-1-2-12)10-14(13)7-15/h3-4,7-8,11-12,17,21H,1-2,5-6,9-10H2. The third kappa shape index (κ3) is 3.37. The Labute approximate surface area is 134 Å². The van der Waals surface area contributed by atoms with Gasteiger partial charge >= 0.3 is 6.55 Å². The molecular formula is C17H20F2N4. The van der Waals surface area contributed by atoms with Crippen molar-refractivity contribution in [2.75, 3.05) is 18.4 Å². The van der Waals surface area contributed by atoms with Gasteiger partial charge in [0.15, 0.2) is 0 Å². The van der Waals surface area contributed by atoms with Crippen molar-refractivity contribution in [2.24, 2.45) is 5.92 Å². The first-order valence-electron chi connectivity index (χ1n) is 8.11. The van der Waals surface area contributed by atoms with Crippen LogP contribution in [-0.2, 0) is 13.0 Å². The summed E-state index contributed by atoms with van der Waals surface area (Å²) in [5.41, 5.74) is 4.23. The number of benzene rings is 1. The topological polar surface area (TPSA) is 33.1 Å². The molecule has 1 aliphatic carbocycles. The van der Waals surface area contributed by atoms with E-state index in [0.717, 1.165) is 31.1 Å². The molecular weight excluding hydrogens is 298 g/mol. The summed E-state index contributed by atoms with van der Waals surface area (Å²) in [6, 6.07) is 6.28. The van der Waals surface area contributed by atoms with Crippen molar-refractivity contribution in [2.45, 2.75) is 32.4 Å². The van der Waals surface area contributed by atoms with Gasteiger partial charge in [-0.25, -0.2) is 4.68 Å². The summed E-state index contributed by atoms with van der Waals surface area (Å²) >= 11 is 0. The smallest absolute Gasteiger partial charge is 0.333 e. The van der Waals surface area contributed by atoms with E-state index in [0.29, 0.717) is 10.4 Å². The monoisotopic (exact) mass is 318 g/mol. The average molecular weight is 318 g/mol. The molecule has 122 valence electrons. The van der Waals surface area contributed by atoms with Gasteiger partial charge in [0.1, 0.15) is 0 Å². The first kappa shape index (κ1) is 14.6. The van der Waals surface area contributed by atoms with Gasteiger partial charge < -0.3 is 5.32 Å². The molecule has 1 fully saturated rings. The van der Waals surface area contributed by atoms with Crippen LogP contribution in [0.5, 0.6) is 0 Å². The maximum absolute atomic E-state index is 12.6. The van der Waals surface area contributed by atoms with Crippen LogP contribution in [0.4, 0.5) is 20.2 Å². The second-order valence-corrected chi connectivity index (χ2v) is 6.52. The number of hydrogen-bond acceptors (Lipinski definition) is 3. The van der Waals surface area contributed by atoms with Gasteiger partial charge in [-0.05, 0) is 48.4 Å². The molecule has 6 heteroatoms. The van der Waals surface area contributed by atoms with Crippen LogP contribution < -0.4 is 5.32 Å². The SMILES string of the molecule is FC(F)n1cc(Nc2ccc3c(c2)CN(CC2CC2)CC3)cn1. The second kappa shape index (κ2) is 5.92. The molecule has 0 saturated heterocycles. The summed E-state index contributed by atoms with van der Waals surface area (Å²) in [5, 5.41) is 6.81. The van der Waals surface area contributed by atoms with E-state index in [1.807, 2.05) is 6.07 Å². The molecule has 0 bridgehead atoms. The number of hydrogen-bond donors (Lipinski definition) is 1. The van der Waals surface area contributed by atoms with Gasteiger partial charge in [-0.1, -0.05) is 6.07 Å². The van der Waals surface area contributed by atoms with Crippen LogP contribution in [0, 0.1) is 5.92 Å². The molecule has 2 aromatic rings. The number of anilines is 2. The quantitative estimate of drug-likeness (QED) is 0.910. The zero-order valence-corrected chi connectivity index (χ0v) is 12.9. The van der Waals surface area contributed by atoms with Crippen molar-refractivity contribution < 1.29 is 8.78 Å². The highest BCUT2D eigenvalue weighted by Crippen LogP contribution is 2.32. The van der Waals surface area contributed by atoms with Crippen LogP contribution in [0.15, 0.2) is 30.6 Å². The Bertz CT molecular complexity index is 694. The minimum Gasteiger partial charge on any atom is -0.353 e. The van der Waals surface area contributed by atoms with Crippen molar-refractivity contribution in [3.8, 4) is 0 Å². The fraction of sp³-hybridized carbons (Fsp3) is 0.471. The highest BCUT2D eigenvalue weighted by molar-refractivity contribution is 5.60. The fourth-order valence-corrected chi connectivity index (χ4v) is 3.19. The fourth-order valence-electron chi connectivity index (χ4n) is 3.19. The third-order valence-electron chi connectivity index (χ3n) is 4.60. The molecule has 0 amide bonds. The van der Waals surface area contributed by atoms with E-state index in [1.165, 1.54) is 42.9 Å². The van der Waals surface area contributed by atoms with Crippen molar-refractivity contribution in [1.82, 2.24) is 14.7 Å². The first-order chi connectivity index (χ1) is 11.2. The summed E-state index contributed by atoms with van der Waals surface area (Å²) in [4.78, 5) is 2.53. The number of halogens is 2. The number of alkyl halides is 2. The summed E-state index contributed by atoms with van der Waals surface area (Å²) in [5.74, 6) is 0.901. The Morgan fingerprint density at radius 1 is 1.22 bits per heavy atom. The summed E-state index contributed by atoms with van der Waals surface area (Å²) in [6.45, 7) is 0.720. The lowest BCUT2D eigenvalue weighted by molar-refractivity contribution is 0.0566. The summed E-state index contributed by atoms with van der Waals surface area (Å²) in [7, 11) is 0. The largest absolute Gasteiger partial charge is 0.353 e. The Kier molecular flexibility index (Phi) is 3.77. The van der Waals surface area contributed by atoms with Gasteiger partial charge in [0.05, 0.1) is 18.1 Å². The summed E-state index contributed by atoms with van der Waals surface area (Å²) in [6.07, 6.45) is 6.58. The predicted octanol–water partition coefficient (Wildman–Crippen LogP) is 3.79. The maximum Gasteiger partial charge on any atom is 0.333 e. The highest BCUT2D eigenvalue weighted by Gasteiger charge is 2.26. The number of nitrogens with zero attached hydrogens (tertiary/aromatic N) is 3. The van der Waals surface area contributed by atoms with Crippen molar-refractivity contribution in [1.29, 1.82) is 0 Å². The number of rotatable bonds is 5. The van der Waals surface area contributed by atoms with Crippen LogP contribution in [0.1, 0.15) is 30.5 Å². The minimum absolute atomic E-state index is 0.580. The third-order valence-corrected chi connectivity index (χ3v) is 4.60. The molecule has 0 radical (unpaired) electrons. The van der Waals surface area contributed by atoms with Crippen LogP contribution in [0.25, 0.3) is 0 Å². The van der Waals surface area contributed by atoms with E-state index in [9.17, 15) is 8.78 Å². The Balaban J connectivity index is 1.47. The maximum atomic E-state index is 12.6. The molecule has 0 spiro atoms. The molecule has 23 heavy (non-hydrogen) atoms. The minimum atomic E-state index is -2.61. The highest BCUT2D eigenvalue weighted by atomic mass is 19.3. The molecule has 1 N–H and O–H groups in total. The normalized spacial score (nSPS) is 18.2. The zero-order valence-electron chi connectivity index (χ0n) is 12.9. The Morgan fingerprint density at radius 3 is 2.83 bits per heavy atom. The van der Waals surface area contributed by atoms with E-state index in [2.05, 4.69) is 27.4 Å². The van der Waals surface area contributed by atoms with Crippen LogP contribution in [0.3, 0.4) is 0 Å². The zero-order chi connectivity index (χ0) is 15.8. The van der Waals surface area contributed by atoms with Gasteiger partial charge in [-0.15, -0.1) is 0 Å². The van der Waals surface area contributed by atoms with Crippen molar-refractivity contribution in [3.05, 3.63) is 41.7 Å². The molecule has 0 atom stereocenters. The lowest BCUT2D eigenvalue weighted by Crippen LogP contribution is -2.32. The molecule has 2 aliphatic rings. The van der Waals surface area contributed by atoms with E-state index in [4.69, 9.17) is 0 Å². The lowest BCUT2D eigenvalue weighted by Gasteiger charge is -2.29. The Morgan fingerprint density at radius 2 is 2.09 bits per heavy atom. The summed E-state index contributed by atoms with van der Waals surface area (Å²) < 4.78 is 25.8. The van der Waals surface area contributed by atoms with Gasteiger partial charge in [0.25, 0.3) is 0 Å². The van der Waals surface area contributed by atoms with Crippen molar-refractivity contribution in [3.63, 3.8) is 0 Å². The predicted molar refractivity (Wildman–Crippen MR) is 84.9 cm³/mol. The average Bonchev–Trinajstić information content (AvgIpc) is 3.22. The second-order valence-electron chi connectivity index (χ2n) is 6.52. The molecule has 4 nitrogen and oxygen atoms in total. The van der Waals surface area contributed by atoms with E-state index >= 15 is 0 Å². The van der Waals surface area contributed by atoms with Gasteiger partial charge in [0, 0.05) is 25.3 Å². The van der Waals surface area contributed by atoms with Gasteiger partial charge in [0.2, 0.25) is 0 Å². The number of aromatic nitrogens is 2. The lowest BCUT2D eigenvalue weighted by atomic mass is 9.99. The van der Waals surface area contributed by atoms with Crippen LogP contribution in [0.2, 0.25) is 0 Å². The molecule has 4 rings (SSSR count). The first-order valence-corrected chi connectivity index (χ1v) is 8.11. The molecule has 1 saturated carbocycles. The van der Waals surface area contributed by atoms with Crippen LogP contribution in [-0.4, -0.2) is 27.8 Å². The van der Waals surface area contributed by atoms with Gasteiger partial charge in [-0.2, -0.15) is 13.9 Å². The Hall–Kier alpha value is -1.95. The van der Waals surface area contributed by atoms with E-state index in [1.54, 1.807) is 0 Å². The number of nitrogens with one attached hydrogen (secondary N) is 1. The number of fused-ring (bicyclic) bond motifs is 1. The molecule has 1 aromatic heterocycles. The van der Waals surface area contributed by atoms with E-state index in [-0.39, 0.29) is 0 Å². The van der Waals surface area contributed by atoms with Crippen LogP contribution >= 0.6 is 0 Å². The molecule has 1 aromatic carbocycles. The van der Waals surface area contributed by atoms with E-state index < -0.39 is 6.55 Å². The molecule has 0 unspecified atom stereocenters. The molecule has 2 heterocycles. The van der Waals surface area contributed by atoms with Crippen molar-refractivity contribution >= 4 is 11.4 Å².